The number of benzene rings is 1. The first kappa shape index (κ1) is 17.0. The number of rotatable bonds is 5. The van der Waals surface area contributed by atoms with E-state index in [0.29, 0.717) is 19.0 Å². The smallest absolute Gasteiger partial charge is 0.237 e. The molecule has 1 aromatic heterocycles. The van der Waals surface area contributed by atoms with Gasteiger partial charge in [0.15, 0.2) is 0 Å². The SMILES string of the molecule is CCS(=O)(=O)NCC(=O)N1CCC(c2c[nH]c3ccccc23)CC1. The molecule has 2 aromatic rings. The van der Waals surface area contributed by atoms with E-state index in [4.69, 9.17) is 0 Å². The summed E-state index contributed by atoms with van der Waals surface area (Å²) in [5.41, 5.74) is 2.45. The number of nitrogens with one attached hydrogen (secondary N) is 2. The standard InChI is InChI=1S/C17H23N3O3S/c1-2-24(22,23)19-12-17(21)20-9-7-13(8-10-20)15-11-18-16-6-4-3-5-14(15)16/h3-6,11,13,18-19H,2,7-10,12H2,1H3. The van der Waals surface area contributed by atoms with Crippen LogP contribution in [0, 0.1) is 0 Å². The largest absolute Gasteiger partial charge is 0.361 e. The number of sulfonamides is 1. The van der Waals surface area contributed by atoms with Gasteiger partial charge < -0.3 is 9.88 Å². The zero-order valence-corrected chi connectivity index (χ0v) is 14.6. The number of aromatic amines is 1. The minimum absolute atomic E-state index is 0.0110. The number of piperidine rings is 1. The van der Waals surface area contributed by atoms with Gasteiger partial charge in [-0.05, 0) is 37.3 Å². The summed E-state index contributed by atoms with van der Waals surface area (Å²) in [7, 11) is -3.33. The Balaban J connectivity index is 1.59. The predicted octanol–water partition coefficient (Wildman–Crippen LogP) is 1.81. The average molecular weight is 349 g/mol. The number of amides is 1. The molecule has 0 spiro atoms. The second-order valence-electron chi connectivity index (χ2n) is 6.17. The van der Waals surface area contributed by atoms with Crippen LogP contribution in [0.15, 0.2) is 30.5 Å². The van der Waals surface area contributed by atoms with Gasteiger partial charge in [0.1, 0.15) is 0 Å². The number of nitrogens with zero attached hydrogens (tertiary/aromatic N) is 1. The number of likely N-dealkylation sites (tertiary alicyclic amines) is 1. The Bertz CT molecular complexity index is 820. The van der Waals surface area contributed by atoms with Crippen LogP contribution >= 0.6 is 0 Å². The summed E-state index contributed by atoms with van der Waals surface area (Å²) in [4.78, 5) is 17.2. The summed E-state index contributed by atoms with van der Waals surface area (Å²) in [6.45, 7) is 2.74. The van der Waals surface area contributed by atoms with E-state index in [1.807, 2.05) is 12.1 Å². The molecule has 7 heteroatoms. The van der Waals surface area contributed by atoms with Crippen LogP contribution in [0.1, 0.15) is 31.2 Å². The molecule has 0 atom stereocenters. The van der Waals surface area contributed by atoms with E-state index in [0.717, 1.165) is 18.4 Å². The first-order chi connectivity index (χ1) is 11.5. The summed E-state index contributed by atoms with van der Waals surface area (Å²) in [6.07, 6.45) is 3.87. The molecule has 0 bridgehead atoms. The lowest BCUT2D eigenvalue weighted by Gasteiger charge is -2.32. The van der Waals surface area contributed by atoms with Crippen molar-refractivity contribution in [3.8, 4) is 0 Å². The molecule has 1 saturated heterocycles. The van der Waals surface area contributed by atoms with E-state index >= 15 is 0 Å². The Labute approximate surface area is 142 Å². The van der Waals surface area contributed by atoms with E-state index in [2.05, 4.69) is 28.0 Å². The van der Waals surface area contributed by atoms with Gasteiger partial charge in [-0.1, -0.05) is 18.2 Å². The molecule has 0 unspecified atom stereocenters. The summed E-state index contributed by atoms with van der Waals surface area (Å²) >= 11 is 0. The van der Waals surface area contributed by atoms with E-state index in [1.165, 1.54) is 10.9 Å². The van der Waals surface area contributed by atoms with Gasteiger partial charge in [-0.15, -0.1) is 0 Å². The fourth-order valence-corrected chi connectivity index (χ4v) is 3.80. The lowest BCUT2D eigenvalue weighted by Crippen LogP contribution is -2.44. The van der Waals surface area contributed by atoms with Crippen LogP contribution in [0.5, 0.6) is 0 Å². The van der Waals surface area contributed by atoms with Crippen molar-refractivity contribution < 1.29 is 13.2 Å². The molecule has 1 aromatic carbocycles. The van der Waals surface area contributed by atoms with Gasteiger partial charge in [-0.2, -0.15) is 0 Å². The first-order valence-electron chi connectivity index (χ1n) is 8.31. The molecule has 1 fully saturated rings. The average Bonchev–Trinajstić information content (AvgIpc) is 3.04. The molecule has 1 aliphatic rings. The van der Waals surface area contributed by atoms with E-state index in [-0.39, 0.29) is 18.2 Å². The van der Waals surface area contributed by atoms with E-state index in [9.17, 15) is 13.2 Å². The lowest BCUT2D eigenvalue weighted by molar-refractivity contribution is -0.130. The number of para-hydroxylation sites is 1. The van der Waals surface area contributed by atoms with Crippen LogP contribution < -0.4 is 4.72 Å². The van der Waals surface area contributed by atoms with Crippen molar-refractivity contribution in [1.29, 1.82) is 0 Å². The van der Waals surface area contributed by atoms with Crippen molar-refractivity contribution in [3.05, 3.63) is 36.0 Å². The maximum absolute atomic E-state index is 12.2. The Hall–Kier alpha value is -1.86. The molecule has 1 aliphatic heterocycles. The van der Waals surface area contributed by atoms with Gasteiger partial charge in [0.05, 0.1) is 12.3 Å². The second kappa shape index (κ2) is 6.94. The summed E-state index contributed by atoms with van der Waals surface area (Å²) in [5.74, 6) is 0.269. The number of hydrogen-bond donors (Lipinski definition) is 2. The molecule has 1 amide bonds. The molecule has 6 nitrogen and oxygen atoms in total. The normalized spacial score (nSPS) is 16.6. The van der Waals surface area contributed by atoms with Crippen molar-refractivity contribution in [2.75, 3.05) is 25.4 Å². The molecule has 0 aliphatic carbocycles. The second-order valence-corrected chi connectivity index (χ2v) is 8.26. The van der Waals surface area contributed by atoms with Gasteiger partial charge in [0.25, 0.3) is 0 Å². The minimum atomic E-state index is -3.33. The van der Waals surface area contributed by atoms with E-state index in [1.54, 1.807) is 11.8 Å². The van der Waals surface area contributed by atoms with Crippen LogP contribution in [-0.4, -0.2) is 49.6 Å². The zero-order chi connectivity index (χ0) is 17.2. The fourth-order valence-electron chi connectivity index (χ4n) is 3.26. The lowest BCUT2D eigenvalue weighted by atomic mass is 9.89. The highest BCUT2D eigenvalue weighted by atomic mass is 32.2. The molecule has 2 heterocycles. The van der Waals surface area contributed by atoms with Crippen LogP contribution in [0.2, 0.25) is 0 Å². The Morgan fingerprint density at radius 3 is 2.71 bits per heavy atom. The summed E-state index contributed by atoms with van der Waals surface area (Å²) in [5, 5.41) is 1.25. The molecule has 3 rings (SSSR count). The number of H-pyrrole nitrogens is 1. The maximum Gasteiger partial charge on any atom is 0.237 e. The zero-order valence-electron chi connectivity index (χ0n) is 13.8. The van der Waals surface area contributed by atoms with Crippen molar-refractivity contribution in [2.24, 2.45) is 0 Å². The highest BCUT2D eigenvalue weighted by Crippen LogP contribution is 2.32. The van der Waals surface area contributed by atoms with Gasteiger partial charge in [0, 0.05) is 30.2 Å². The van der Waals surface area contributed by atoms with Crippen LogP contribution in [0.4, 0.5) is 0 Å². The maximum atomic E-state index is 12.2. The first-order valence-corrected chi connectivity index (χ1v) is 9.96. The molecular weight excluding hydrogens is 326 g/mol. The third-order valence-corrected chi connectivity index (χ3v) is 6.08. The number of carbonyl (C=O) groups is 1. The Kier molecular flexibility index (Phi) is 4.91. The van der Waals surface area contributed by atoms with Gasteiger partial charge in [-0.3, -0.25) is 4.79 Å². The molecule has 0 saturated carbocycles. The van der Waals surface area contributed by atoms with Crippen LogP contribution in [0.25, 0.3) is 10.9 Å². The number of aromatic nitrogens is 1. The predicted molar refractivity (Wildman–Crippen MR) is 94.3 cm³/mol. The van der Waals surface area contributed by atoms with Gasteiger partial charge in [0.2, 0.25) is 15.9 Å². The summed E-state index contributed by atoms with van der Waals surface area (Å²) in [6, 6.07) is 8.24. The van der Waals surface area contributed by atoms with Crippen molar-refractivity contribution in [1.82, 2.24) is 14.6 Å². The van der Waals surface area contributed by atoms with Crippen molar-refractivity contribution >= 4 is 26.8 Å². The molecule has 2 N–H and O–H groups in total. The minimum Gasteiger partial charge on any atom is -0.361 e. The molecule has 24 heavy (non-hydrogen) atoms. The molecule has 0 radical (unpaired) electrons. The topological polar surface area (TPSA) is 82.3 Å². The van der Waals surface area contributed by atoms with Crippen molar-refractivity contribution in [3.63, 3.8) is 0 Å². The number of fused-ring (bicyclic) bond motifs is 1. The Morgan fingerprint density at radius 1 is 1.29 bits per heavy atom. The van der Waals surface area contributed by atoms with E-state index < -0.39 is 10.0 Å². The van der Waals surface area contributed by atoms with Crippen LogP contribution in [0.3, 0.4) is 0 Å². The van der Waals surface area contributed by atoms with Crippen molar-refractivity contribution in [2.45, 2.75) is 25.7 Å². The highest BCUT2D eigenvalue weighted by molar-refractivity contribution is 7.89. The fraction of sp³-hybridized carbons (Fsp3) is 0.471. The Morgan fingerprint density at radius 2 is 2.00 bits per heavy atom. The highest BCUT2D eigenvalue weighted by Gasteiger charge is 2.25. The van der Waals surface area contributed by atoms with Crippen LogP contribution in [-0.2, 0) is 14.8 Å². The van der Waals surface area contributed by atoms with Gasteiger partial charge >= 0.3 is 0 Å². The monoisotopic (exact) mass is 349 g/mol. The molecule has 130 valence electrons. The quantitative estimate of drug-likeness (QED) is 0.864. The third-order valence-electron chi connectivity index (χ3n) is 4.73. The number of hydrogen-bond acceptors (Lipinski definition) is 3. The summed E-state index contributed by atoms with van der Waals surface area (Å²) < 4.78 is 25.2. The third kappa shape index (κ3) is 3.62. The number of carbonyl (C=O) groups excluding carboxylic acids is 1. The molecular formula is C17H23N3O3S. The van der Waals surface area contributed by atoms with Gasteiger partial charge in [-0.25, -0.2) is 13.1 Å².